The highest BCUT2D eigenvalue weighted by molar-refractivity contribution is 5.91. The summed E-state index contributed by atoms with van der Waals surface area (Å²) in [7, 11) is 0. The van der Waals surface area contributed by atoms with Gasteiger partial charge in [-0.2, -0.15) is 0 Å². The Bertz CT molecular complexity index is 365. The molecule has 80 valence electrons. The first-order valence-corrected chi connectivity index (χ1v) is 4.92. The molecule has 0 radical (unpaired) electrons. The van der Waals surface area contributed by atoms with Crippen LogP contribution in [-0.4, -0.2) is 24.6 Å². The van der Waals surface area contributed by atoms with Crippen molar-refractivity contribution in [1.82, 2.24) is 0 Å². The Labute approximate surface area is 87.5 Å². The van der Waals surface area contributed by atoms with Crippen LogP contribution in [0.2, 0.25) is 0 Å². The van der Waals surface area contributed by atoms with Crippen molar-refractivity contribution >= 4 is 11.9 Å². The molecule has 0 aromatic rings. The largest absolute Gasteiger partial charge is 0.462 e. The zero-order valence-corrected chi connectivity index (χ0v) is 8.49. The molecular formula is C11H12O4. The third-order valence-corrected chi connectivity index (χ3v) is 2.48. The normalized spacial score (nSPS) is 27.9. The van der Waals surface area contributed by atoms with Gasteiger partial charge in [0.1, 0.15) is 6.10 Å². The van der Waals surface area contributed by atoms with Gasteiger partial charge in [0.05, 0.1) is 6.61 Å². The molecular weight excluding hydrogens is 196 g/mol. The van der Waals surface area contributed by atoms with Crippen LogP contribution in [0.5, 0.6) is 0 Å². The van der Waals surface area contributed by atoms with Crippen molar-refractivity contribution in [2.45, 2.75) is 25.9 Å². The van der Waals surface area contributed by atoms with Crippen molar-refractivity contribution in [2.24, 2.45) is 0 Å². The molecule has 0 aliphatic carbocycles. The predicted molar refractivity (Wildman–Crippen MR) is 51.9 cm³/mol. The number of carbonyl (C=O) groups excluding carboxylic acids is 2. The summed E-state index contributed by atoms with van der Waals surface area (Å²) >= 11 is 0. The van der Waals surface area contributed by atoms with Gasteiger partial charge >= 0.3 is 11.9 Å². The van der Waals surface area contributed by atoms with Crippen LogP contribution in [0.1, 0.15) is 19.8 Å². The van der Waals surface area contributed by atoms with Gasteiger partial charge in [-0.05, 0) is 13.0 Å². The summed E-state index contributed by atoms with van der Waals surface area (Å²) in [6.07, 6.45) is 4.55. The van der Waals surface area contributed by atoms with Gasteiger partial charge in [-0.3, -0.25) is 0 Å². The minimum Gasteiger partial charge on any atom is -0.462 e. The van der Waals surface area contributed by atoms with Crippen molar-refractivity contribution < 1.29 is 19.1 Å². The maximum Gasteiger partial charge on any atom is 0.334 e. The third kappa shape index (κ3) is 2.09. The first-order valence-electron chi connectivity index (χ1n) is 4.92. The molecule has 2 aliphatic rings. The van der Waals surface area contributed by atoms with Crippen molar-refractivity contribution in [1.29, 1.82) is 0 Å². The monoisotopic (exact) mass is 208 g/mol. The molecule has 4 nitrogen and oxygen atoms in total. The number of rotatable bonds is 2. The summed E-state index contributed by atoms with van der Waals surface area (Å²) in [5.74, 6) is -0.521. The molecule has 0 spiro atoms. The Morgan fingerprint density at radius 1 is 1.47 bits per heavy atom. The molecule has 2 aliphatic heterocycles. The molecule has 1 saturated heterocycles. The molecule has 0 aromatic carbocycles. The molecule has 1 fully saturated rings. The summed E-state index contributed by atoms with van der Waals surface area (Å²) in [4.78, 5) is 22.1. The second-order valence-corrected chi connectivity index (χ2v) is 3.64. The minimum absolute atomic E-state index is 0.224. The van der Waals surface area contributed by atoms with Crippen LogP contribution in [0, 0.1) is 0 Å². The topological polar surface area (TPSA) is 52.6 Å². The van der Waals surface area contributed by atoms with Gasteiger partial charge in [0, 0.05) is 24.0 Å². The highest BCUT2D eigenvalue weighted by atomic mass is 16.5. The zero-order valence-electron chi connectivity index (χ0n) is 8.49. The standard InChI is InChI=1S/C11H12O4/c1-7-6-9(15-10(7)12)3-2-8-4-5-14-11(8)13/h2,6,9H,3-5H2,1H3/b8-2+. The van der Waals surface area contributed by atoms with E-state index in [-0.39, 0.29) is 18.0 Å². The number of carbonyl (C=O) groups is 2. The number of ether oxygens (including phenoxy) is 2. The van der Waals surface area contributed by atoms with E-state index in [2.05, 4.69) is 0 Å². The summed E-state index contributed by atoms with van der Waals surface area (Å²) in [5, 5.41) is 0. The molecule has 0 saturated carbocycles. The molecule has 0 bridgehead atoms. The van der Waals surface area contributed by atoms with Gasteiger partial charge in [-0.25, -0.2) is 9.59 Å². The molecule has 0 amide bonds. The zero-order chi connectivity index (χ0) is 10.8. The van der Waals surface area contributed by atoms with Crippen molar-refractivity contribution in [3.8, 4) is 0 Å². The summed E-state index contributed by atoms with van der Waals surface area (Å²) in [5.41, 5.74) is 1.32. The first-order chi connectivity index (χ1) is 7.16. The van der Waals surface area contributed by atoms with Crippen LogP contribution in [-0.2, 0) is 19.1 Å². The molecule has 0 aromatic heterocycles. The fourth-order valence-electron chi connectivity index (χ4n) is 1.62. The molecule has 1 atom stereocenters. The second kappa shape index (κ2) is 3.88. The van der Waals surface area contributed by atoms with Crippen LogP contribution < -0.4 is 0 Å². The quantitative estimate of drug-likeness (QED) is 0.504. The molecule has 2 heterocycles. The van der Waals surface area contributed by atoms with Gasteiger partial charge in [0.25, 0.3) is 0 Å². The van der Waals surface area contributed by atoms with Crippen LogP contribution in [0.3, 0.4) is 0 Å². The van der Waals surface area contributed by atoms with Crippen LogP contribution in [0.4, 0.5) is 0 Å². The second-order valence-electron chi connectivity index (χ2n) is 3.64. The minimum atomic E-state index is -0.271. The maximum atomic E-state index is 11.1. The SMILES string of the molecule is CC1=CC(C/C=C2\CCOC2=O)OC1=O. The van der Waals surface area contributed by atoms with E-state index in [0.29, 0.717) is 30.6 Å². The van der Waals surface area contributed by atoms with E-state index in [9.17, 15) is 9.59 Å². The fraction of sp³-hybridized carbons (Fsp3) is 0.455. The van der Waals surface area contributed by atoms with E-state index in [1.165, 1.54) is 0 Å². The summed E-state index contributed by atoms with van der Waals surface area (Å²) < 4.78 is 9.83. The maximum absolute atomic E-state index is 11.1. The van der Waals surface area contributed by atoms with E-state index < -0.39 is 0 Å². The summed E-state index contributed by atoms with van der Waals surface area (Å²) in [6.45, 7) is 2.18. The van der Waals surface area contributed by atoms with Crippen molar-refractivity contribution in [2.75, 3.05) is 6.61 Å². The number of hydrogen-bond donors (Lipinski definition) is 0. The Morgan fingerprint density at radius 3 is 2.80 bits per heavy atom. The number of cyclic esters (lactones) is 2. The lowest BCUT2D eigenvalue weighted by molar-refractivity contribution is -0.139. The Kier molecular flexibility index (Phi) is 2.58. The van der Waals surface area contributed by atoms with E-state index in [4.69, 9.17) is 9.47 Å². The van der Waals surface area contributed by atoms with Gasteiger partial charge in [0.15, 0.2) is 0 Å². The summed E-state index contributed by atoms with van der Waals surface area (Å²) in [6, 6.07) is 0. The Morgan fingerprint density at radius 2 is 2.27 bits per heavy atom. The average molecular weight is 208 g/mol. The van der Waals surface area contributed by atoms with Crippen LogP contribution in [0.15, 0.2) is 23.3 Å². The highest BCUT2D eigenvalue weighted by Gasteiger charge is 2.23. The number of esters is 2. The van der Waals surface area contributed by atoms with Gasteiger partial charge in [-0.1, -0.05) is 6.08 Å². The highest BCUT2D eigenvalue weighted by Crippen LogP contribution is 2.19. The van der Waals surface area contributed by atoms with E-state index >= 15 is 0 Å². The lowest BCUT2D eigenvalue weighted by Crippen LogP contribution is -2.07. The molecule has 4 heteroatoms. The van der Waals surface area contributed by atoms with Crippen molar-refractivity contribution in [3.63, 3.8) is 0 Å². The lowest BCUT2D eigenvalue weighted by atomic mass is 10.1. The smallest absolute Gasteiger partial charge is 0.334 e. The number of hydrogen-bond acceptors (Lipinski definition) is 4. The average Bonchev–Trinajstić information content (AvgIpc) is 2.72. The first kappa shape index (κ1) is 9.96. The predicted octanol–water partition coefficient (Wildman–Crippen LogP) is 1.12. The van der Waals surface area contributed by atoms with E-state index in [0.717, 1.165) is 0 Å². The molecule has 1 unspecified atom stereocenters. The Balaban J connectivity index is 1.94. The molecule has 15 heavy (non-hydrogen) atoms. The van der Waals surface area contributed by atoms with Crippen molar-refractivity contribution in [3.05, 3.63) is 23.3 Å². The molecule has 0 N–H and O–H groups in total. The fourth-order valence-corrected chi connectivity index (χ4v) is 1.62. The van der Waals surface area contributed by atoms with E-state index in [1.54, 1.807) is 19.1 Å². The molecule has 2 rings (SSSR count). The van der Waals surface area contributed by atoms with Gasteiger partial charge < -0.3 is 9.47 Å². The van der Waals surface area contributed by atoms with Gasteiger partial charge in [0.2, 0.25) is 0 Å². The third-order valence-electron chi connectivity index (χ3n) is 2.48. The van der Waals surface area contributed by atoms with Crippen LogP contribution >= 0.6 is 0 Å². The Hall–Kier alpha value is -1.58. The van der Waals surface area contributed by atoms with Crippen LogP contribution in [0.25, 0.3) is 0 Å². The van der Waals surface area contributed by atoms with Gasteiger partial charge in [-0.15, -0.1) is 0 Å². The van der Waals surface area contributed by atoms with E-state index in [1.807, 2.05) is 0 Å². The lowest BCUT2D eigenvalue weighted by Gasteiger charge is -2.04.